The predicted molar refractivity (Wildman–Crippen MR) is 264 cm³/mol. The number of aromatic nitrogens is 3. The molecule has 0 radical (unpaired) electrons. The molecule has 0 aliphatic rings. The third-order valence-corrected chi connectivity index (χ3v) is 13.6. The molecule has 0 aliphatic heterocycles. The van der Waals surface area contributed by atoms with Gasteiger partial charge >= 0.3 is 0 Å². The summed E-state index contributed by atoms with van der Waals surface area (Å²) in [5, 5.41) is 12.3. The highest BCUT2D eigenvalue weighted by molar-refractivity contribution is 6.23. The number of rotatable bonds is 4. The van der Waals surface area contributed by atoms with Crippen LogP contribution in [0.2, 0.25) is 0 Å². The van der Waals surface area contributed by atoms with E-state index in [9.17, 15) is 4.79 Å². The minimum absolute atomic E-state index is 0.0156. The Morgan fingerprint density at radius 1 is 0.302 bits per heavy atom. The Labute approximate surface area is 360 Å². The van der Waals surface area contributed by atoms with Gasteiger partial charge in [-0.3, -0.25) is 9.20 Å². The van der Waals surface area contributed by atoms with Crippen LogP contribution in [-0.2, 0) is 0 Å². The number of nitrogens with zero attached hydrogens (tertiary/aromatic N) is 3. The van der Waals surface area contributed by atoms with Gasteiger partial charge in [0.1, 0.15) is 0 Å². The summed E-state index contributed by atoms with van der Waals surface area (Å²) in [4.78, 5) is 14.4. The first-order valence-corrected chi connectivity index (χ1v) is 21.6. The lowest BCUT2D eigenvalue weighted by Crippen LogP contribution is -2.13. The van der Waals surface area contributed by atoms with Gasteiger partial charge < -0.3 is 9.13 Å². The van der Waals surface area contributed by atoms with Crippen molar-refractivity contribution in [1.29, 1.82) is 0 Å². The molecule has 0 atom stereocenters. The molecule has 4 aromatic heterocycles. The number of fused-ring (bicyclic) bond motifs is 12. The predicted octanol–water partition coefficient (Wildman–Crippen LogP) is 14.9. The lowest BCUT2D eigenvalue weighted by molar-refractivity contribution is 1.17. The van der Waals surface area contributed by atoms with Gasteiger partial charge in [0.25, 0.3) is 5.56 Å². The van der Waals surface area contributed by atoms with E-state index in [-0.39, 0.29) is 5.56 Å². The van der Waals surface area contributed by atoms with Gasteiger partial charge in [0.15, 0.2) is 0 Å². The summed E-state index contributed by atoms with van der Waals surface area (Å²) < 4.78 is 6.78. The highest BCUT2D eigenvalue weighted by Gasteiger charge is 2.22. The van der Waals surface area contributed by atoms with E-state index >= 15 is 0 Å². The van der Waals surface area contributed by atoms with Crippen LogP contribution in [0.25, 0.3) is 126 Å². The lowest BCUT2D eigenvalue weighted by atomic mass is 9.91. The van der Waals surface area contributed by atoms with Gasteiger partial charge in [0.2, 0.25) is 0 Å². The largest absolute Gasteiger partial charge is 0.309 e. The van der Waals surface area contributed by atoms with E-state index in [1.54, 1.807) is 0 Å². The van der Waals surface area contributed by atoms with Crippen LogP contribution < -0.4 is 5.56 Å². The molecule has 10 aromatic carbocycles. The van der Waals surface area contributed by atoms with E-state index in [0.29, 0.717) is 0 Å². The van der Waals surface area contributed by atoms with Crippen LogP contribution in [0.15, 0.2) is 217 Å². The van der Waals surface area contributed by atoms with Gasteiger partial charge in [0, 0.05) is 59.5 Å². The van der Waals surface area contributed by atoms with Crippen molar-refractivity contribution in [2.45, 2.75) is 0 Å². The maximum atomic E-state index is 14.4. The molecule has 14 rings (SSSR count). The van der Waals surface area contributed by atoms with Crippen molar-refractivity contribution in [3.63, 3.8) is 0 Å². The first-order chi connectivity index (χ1) is 31.2. The summed E-state index contributed by atoms with van der Waals surface area (Å²) in [6.07, 6.45) is 0. The van der Waals surface area contributed by atoms with Crippen molar-refractivity contribution < 1.29 is 0 Å². The second kappa shape index (κ2) is 12.8. The topological polar surface area (TPSA) is 31.3 Å². The molecule has 0 N–H and O–H groups in total. The third-order valence-electron chi connectivity index (χ3n) is 13.6. The highest BCUT2D eigenvalue weighted by Crippen LogP contribution is 2.43. The summed E-state index contributed by atoms with van der Waals surface area (Å²) in [5.41, 5.74) is 13.4. The van der Waals surface area contributed by atoms with Gasteiger partial charge in [-0.25, -0.2) is 0 Å². The fourth-order valence-electron chi connectivity index (χ4n) is 10.9. The third kappa shape index (κ3) is 4.67. The van der Waals surface area contributed by atoms with Gasteiger partial charge in [-0.15, -0.1) is 0 Å². The molecule has 14 aromatic rings. The van der Waals surface area contributed by atoms with Gasteiger partial charge in [-0.05, 0) is 88.3 Å². The van der Waals surface area contributed by atoms with Crippen LogP contribution in [-0.4, -0.2) is 13.5 Å². The van der Waals surface area contributed by atoms with Crippen LogP contribution in [0.1, 0.15) is 0 Å². The Hall–Kier alpha value is -8.47. The lowest BCUT2D eigenvalue weighted by Gasteiger charge is -2.16. The minimum atomic E-state index is 0.0156. The normalized spacial score (nSPS) is 12.2. The zero-order valence-corrected chi connectivity index (χ0v) is 34.0. The van der Waals surface area contributed by atoms with Crippen LogP contribution >= 0.6 is 0 Å². The molecular weight excluding hydrogens is 767 g/mol. The van der Waals surface area contributed by atoms with Crippen molar-refractivity contribution in [2.24, 2.45) is 0 Å². The van der Waals surface area contributed by atoms with Crippen molar-refractivity contribution in [2.75, 3.05) is 0 Å². The average Bonchev–Trinajstić information content (AvgIpc) is 3.98. The molecule has 0 aliphatic carbocycles. The number of hydrogen-bond acceptors (Lipinski definition) is 1. The van der Waals surface area contributed by atoms with Crippen LogP contribution in [0.4, 0.5) is 0 Å². The van der Waals surface area contributed by atoms with Crippen LogP contribution in [0, 0.1) is 0 Å². The maximum Gasteiger partial charge on any atom is 0.263 e. The highest BCUT2D eigenvalue weighted by atomic mass is 16.1. The molecule has 0 unspecified atom stereocenters. The number of pyridine rings is 1. The van der Waals surface area contributed by atoms with E-state index < -0.39 is 0 Å². The van der Waals surface area contributed by atoms with Gasteiger partial charge in [-0.1, -0.05) is 152 Å². The summed E-state index contributed by atoms with van der Waals surface area (Å²) in [6, 6.07) is 76.1. The first kappa shape index (κ1) is 34.3. The zero-order valence-electron chi connectivity index (χ0n) is 34.0. The van der Waals surface area contributed by atoms with Crippen molar-refractivity contribution in [3.8, 4) is 33.6 Å². The Morgan fingerprint density at radius 3 is 1.60 bits per heavy atom. The SMILES string of the molecule is O=c1c2cccc(-c3cccc(-c4ccc(-n5c6ccccc6c6cc7c8ccccc8n(-c8ccccc8)c7cc65)c5ccccc45)c3)c2c2cccc3c4ccccc4n1c32. The molecule has 0 saturated carbocycles. The molecule has 0 fully saturated rings. The van der Waals surface area contributed by atoms with Gasteiger partial charge in [0.05, 0.1) is 38.8 Å². The van der Waals surface area contributed by atoms with E-state index in [2.05, 4.69) is 203 Å². The van der Waals surface area contributed by atoms with E-state index in [0.717, 1.165) is 71.6 Å². The molecule has 0 amide bonds. The summed E-state index contributed by atoms with van der Waals surface area (Å²) in [6.45, 7) is 0. The summed E-state index contributed by atoms with van der Waals surface area (Å²) >= 11 is 0. The first-order valence-electron chi connectivity index (χ1n) is 21.6. The number of benzene rings is 10. The Bertz CT molecular complexity index is 4280. The maximum absolute atomic E-state index is 14.4. The fraction of sp³-hybridized carbons (Fsp3) is 0. The number of para-hydroxylation sites is 5. The fourth-order valence-corrected chi connectivity index (χ4v) is 10.9. The Kier molecular flexibility index (Phi) is 6.95. The minimum Gasteiger partial charge on any atom is -0.309 e. The monoisotopic (exact) mass is 801 g/mol. The van der Waals surface area contributed by atoms with Crippen LogP contribution in [0.5, 0.6) is 0 Å². The van der Waals surface area contributed by atoms with Crippen molar-refractivity contribution >= 4 is 92.3 Å². The molecule has 4 heterocycles. The quantitative estimate of drug-likeness (QED) is 0.163. The van der Waals surface area contributed by atoms with E-state index in [1.807, 2.05) is 22.6 Å². The molecule has 0 bridgehead atoms. The standard InChI is InChI=1S/C59H35N3O/c63-59-48-27-13-24-40(57(48)47-26-14-25-46-43-21-6-11-30-53(43)62(59)58(46)47)37-16-12-15-36(33-37)39-31-32-54(42-20-5-4-19-41(39)42)61-52-29-10-8-23-45(52)50-34-49-44-22-7-9-28-51(44)60(55(49)35-56(50)61)38-17-2-1-3-18-38/h1-35H. The second-order valence-corrected chi connectivity index (χ2v) is 16.8. The Morgan fingerprint density at radius 2 is 0.841 bits per heavy atom. The summed E-state index contributed by atoms with van der Waals surface area (Å²) in [5.74, 6) is 0. The molecule has 63 heavy (non-hydrogen) atoms. The van der Waals surface area contributed by atoms with E-state index in [4.69, 9.17) is 0 Å². The molecule has 0 spiro atoms. The molecule has 0 saturated heterocycles. The summed E-state index contributed by atoms with van der Waals surface area (Å²) in [7, 11) is 0. The average molecular weight is 802 g/mol. The van der Waals surface area contributed by atoms with Crippen molar-refractivity contribution in [1.82, 2.24) is 13.5 Å². The Balaban J connectivity index is 0.987. The molecular formula is C59H35N3O. The zero-order chi connectivity index (χ0) is 41.3. The molecule has 4 nitrogen and oxygen atoms in total. The number of hydrogen-bond donors (Lipinski definition) is 0. The van der Waals surface area contributed by atoms with Crippen molar-refractivity contribution in [3.05, 3.63) is 223 Å². The van der Waals surface area contributed by atoms with E-state index in [1.165, 1.54) is 54.4 Å². The molecule has 4 heteroatoms. The molecule has 292 valence electrons. The van der Waals surface area contributed by atoms with Crippen LogP contribution in [0.3, 0.4) is 0 Å². The smallest absolute Gasteiger partial charge is 0.263 e. The second-order valence-electron chi connectivity index (χ2n) is 16.8. The van der Waals surface area contributed by atoms with Gasteiger partial charge in [-0.2, -0.15) is 0 Å².